The van der Waals surface area contributed by atoms with Gasteiger partial charge in [-0.25, -0.2) is 4.90 Å². The highest BCUT2D eigenvalue weighted by Gasteiger charge is 2.39. The fourth-order valence-electron chi connectivity index (χ4n) is 3.03. The molecule has 1 saturated heterocycles. The third-order valence-corrected chi connectivity index (χ3v) is 4.28. The summed E-state index contributed by atoms with van der Waals surface area (Å²) in [5.41, 5.74) is 2.61. The number of ether oxygens (including phenoxy) is 1. The van der Waals surface area contributed by atoms with Crippen LogP contribution in [0, 0.1) is 0 Å². The van der Waals surface area contributed by atoms with Crippen LogP contribution >= 0.6 is 0 Å². The number of anilines is 2. The van der Waals surface area contributed by atoms with Crippen LogP contribution in [0.1, 0.15) is 25.8 Å². The third-order valence-electron chi connectivity index (χ3n) is 4.28. The van der Waals surface area contributed by atoms with Gasteiger partial charge >= 0.3 is 0 Å². The molecule has 2 aromatic carbocycles. The maximum atomic E-state index is 12.7. The van der Waals surface area contributed by atoms with Crippen molar-refractivity contribution < 1.29 is 14.3 Å². The Labute approximate surface area is 147 Å². The van der Waals surface area contributed by atoms with Crippen molar-refractivity contribution in [3.05, 3.63) is 54.1 Å². The molecule has 25 heavy (non-hydrogen) atoms. The molecule has 1 fully saturated rings. The predicted molar refractivity (Wildman–Crippen MR) is 98.0 cm³/mol. The zero-order valence-electron chi connectivity index (χ0n) is 14.5. The standard InChI is InChI=1S/C20H22N2O3/c1-3-14-7-5-6-8-17(14)21-18-13-19(23)22(20(18)24)15-9-11-16(12-10-15)25-4-2/h5-12,18,21H,3-4,13H2,1-2H3. The molecule has 2 amide bonds. The molecule has 1 unspecified atom stereocenters. The molecule has 0 aromatic heterocycles. The summed E-state index contributed by atoms with van der Waals surface area (Å²) < 4.78 is 5.40. The number of rotatable bonds is 6. The van der Waals surface area contributed by atoms with E-state index in [4.69, 9.17) is 4.74 Å². The number of benzene rings is 2. The lowest BCUT2D eigenvalue weighted by Crippen LogP contribution is -2.34. The van der Waals surface area contributed by atoms with Gasteiger partial charge < -0.3 is 10.1 Å². The number of hydrogen-bond acceptors (Lipinski definition) is 4. The second kappa shape index (κ2) is 7.38. The number of carbonyl (C=O) groups excluding carboxylic acids is 2. The highest BCUT2D eigenvalue weighted by molar-refractivity contribution is 6.23. The van der Waals surface area contributed by atoms with E-state index in [0.29, 0.717) is 12.3 Å². The molecule has 1 atom stereocenters. The van der Waals surface area contributed by atoms with Crippen molar-refractivity contribution in [3.8, 4) is 5.75 Å². The van der Waals surface area contributed by atoms with E-state index in [0.717, 1.165) is 23.4 Å². The highest BCUT2D eigenvalue weighted by atomic mass is 16.5. The van der Waals surface area contributed by atoms with Crippen molar-refractivity contribution in [1.82, 2.24) is 0 Å². The molecule has 1 aliphatic rings. The third kappa shape index (κ3) is 3.50. The van der Waals surface area contributed by atoms with Gasteiger partial charge in [-0.2, -0.15) is 0 Å². The van der Waals surface area contributed by atoms with Crippen molar-refractivity contribution in [2.24, 2.45) is 0 Å². The summed E-state index contributed by atoms with van der Waals surface area (Å²) in [7, 11) is 0. The van der Waals surface area contributed by atoms with Gasteiger partial charge in [-0.3, -0.25) is 9.59 Å². The van der Waals surface area contributed by atoms with Crippen molar-refractivity contribution in [3.63, 3.8) is 0 Å². The Morgan fingerprint density at radius 3 is 2.48 bits per heavy atom. The highest BCUT2D eigenvalue weighted by Crippen LogP contribution is 2.27. The van der Waals surface area contributed by atoms with Crippen molar-refractivity contribution in [1.29, 1.82) is 0 Å². The smallest absolute Gasteiger partial charge is 0.256 e. The summed E-state index contributed by atoms with van der Waals surface area (Å²) in [6, 6.07) is 14.3. The molecule has 0 aliphatic carbocycles. The van der Waals surface area contributed by atoms with Crippen LogP contribution in [0.4, 0.5) is 11.4 Å². The molecule has 5 heteroatoms. The summed E-state index contributed by atoms with van der Waals surface area (Å²) in [5, 5.41) is 3.24. The summed E-state index contributed by atoms with van der Waals surface area (Å²) in [4.78, 5) is 26.4. The van der Waals surface area contributed by atoms with Gasteiger partial charge in [0.15, 0.2) is 0 Å². The van der Waals surface area contributed by atoms with Crippen LogP contribution in [-0.2, 0) is 16.0 Å². The maximum Gasteiger partial charge on any atom is 0.256 e. The van der Waals surface area contributed by atoms with E-state index in [-0.39, 0.29) is 18.2 Å². The van der Waals surface area contributed by atoms with Crippen molar-refractivity contribution in [2.75, 3.05) is 16.8 Å². The zero-order chi connectivity index (χ0) is 17.8. The van der Waals surface area contributed by atoms with Crippen molar-refractivity contribution >= 4 is 23.2 Å². The molecular formula is C20H22N2O3. The summed E-state index contributed by atoms with van der Waals surface area (Å²) in [6.07, 6.45) is 1.02. The van der Waals surface area contributed by atoms with Crippen LogP contribution in [0.25, 0.3) is 0 Å². The molecule has 130 valence electrons. The Balaban J connectivity index is 1.78. The second-order valence-corrected chi connectivity index (χ2v) is 5.91. The van der Waals surface area contributed by atoms with Gasteiger partial charge in [0.05, 0.1) is 18.7 Å². The van der Waals surface area contributed by atoms with E-state index in [2.05, 4.69) is 12.2 Å². The van der Waals surface area contributed by atoms with Crippen LogP contribution in [0.15, 0.2) is 48.5 Å². The summed E-state index contributed by atoms with van der Waals surface area (Å²) in [6.45, 7) is 4.55. The van der Waals surface area contributed by atoms with Crippen LogP contribution in [0.2, 0.25) is 0 Å². The number of amides is 2. The number of nitrogens with zero attached hydrogens (tertiary/aromatic N) is 1. The van der Waals surface area contributed by atoms with Gasteiger partial charge in [-0.1, -0.05) is 25.1 Å². The second-order valence-electron chi connectivity index (χ2n) is 5.91. The van der Waals surface area contributed by atoms with Crippen molar-refractivity contribution in [2.45, 2.75) is 32.7 Å². The van der Waals surface area contributed by atoms with Gasteiger partial charge in [-0.05, 0) is 49.2 Å². The van der Waals surface area contributed by atoms with Gasteiger partial charge in [0.1, 0.15) is 11.8 Å². The fraction of sp³-hybridized carbons (Fsp3) is 0.300. The van der Waals surface area contributed by atoms with E-state index >= 15 is 0 Å². The van der Waals surface area contributed by atoms with E-state index in [1.54, 1.807) is 24.3 Å². The SMILES string of the molecule is CCOc1ccc(N2C(=O)CC(Nc3ccccc3CC)C2=O)cc1. The van der Waals surface area contributed by atoms with Crippen LogP contribution < -0.4 is 15.0 Å². The molecule has 3 rings (SSSR count). The molecule has 1 N–H and O–H groups in total. The van der Waals surface area contributed by atoms with Gasteiger partial charge in [-0.15, -0.1) is 0 Å². The Morgan fingerprint density at radius 1 is 1.08 bits per heavy atom. The Hall–Kier alpha value is -2.82. The van der Waals surface area contributed by atoms with Gasteiger partial charge in [0, 0.05) is 5.69 Å². The zero-order valence-corrected chi connectivity index (χ0v) is 14.5. The van der Waals surface area contributed by atoms with Crippen LogP contribution in [-0.4, -0.2) is 24.5 Å². The maximum absolute atomic E-state index is 12.7. The molecule has 0 radical (unpaired) electrons. The number of carbonyl (C=O) groups is 2. The van der Waals surface area contributed by atoms with E-state index in [1.807, 2.05) is 31.2 Å². The van der Waals surface area contributed by atoms with Crippen LogP contribution in [0.3, 0.4) is 0 Å². The van der Waals surface area contributed by atoms with Crippen LogP contribution in [0.5, 0.6) is 5.75 Å². The number of aryl methyl sites for hydroxylation is 1. The first-order valence-corrected chi connectivity index (χ1v) is 8.58. The molecule has 1 heterocycles. The largest absolute Gasteiger partial charge is 0.494 e. The normalized spacial score (nSPS) is 17.0. The van der Waals surface area contributed by atoms with E-state index in [9.17, 15) is 9.59 Å². The molecule has 2 aromatic rings. The minimum Gasteiger partial charge on any atom is -0.494 e. The lowest BCUT2D eigenvalue weighted by atomic mass is 10.1. The Bertz CT molecular complexity index is 771. The molecule has 5 nitrogen and oxygen atoms in total. The molecule has 0 bridgehead atoms. The fourth-order valence-corrected chi connectivity index (χ4v) is 3.03. The molecular weight excluding hydrogens is 316 g/mol. The number of para-hydroxylation sites is 1. The minimum atomic E-state index is -0.535. The predicted octanol–water partition coefficient (Wildman–Crippen LogP) is 3.39. The quantitative estimate of drug-likeness (QED) is 0.820. The monoisotopic (exact) mass is 338 g/mol. The van der Waals surface area contributed by atoms with E-state index < -0.39 is 6.04 Å². The lowest BCUT2D eigenvalue weighted by Gasteiger charge is -2.17. The number of nitrogens with one attached hydrogen (secondary N) is 1. The first-order valence-electron chi connectivity index (χ1n) is 8.58. The minimum absolute atomic E-state index is 0.157. The summed E-state index contributed by atoms with van der Waals surface area (Å²) >= 11 is 0. The van der Waals surface area contributed by atoms with Gasteiger partial charge in [0.2, 0.25) is 5.91 Å². The topological polar surface area (TPSA) is 58.6 Å². The molecule has 0 spiro atoms. The number of hydrogen-bond donors (Lipinski definition) is 1. The molecule has 1 aliphatic heterocycles. The average molecular weight is 338 g/mol. The van der Waals surface area contributed by atoms with E-state index in [1.165, 1.54) is 4.90 Å². The number of imide groups is 1. The van der Waals surface area contributed by atoms with Gasteiger partial charge in [0.25, 0.3) is 5.91 Å². The average Bonchev–Trinajstić information content (AvgIpc) is 2.90. The first kappa shape index (κ1) is 17.0. The molecule has 0 saturated carbocycles. The lowest BCUT2D eigenvalue weighted by molar-refractivity contribution is -0.121. The Morgan fingerprint density at radius 2 is 1.80 bits per heavy atom. The first-order chi connectivity index (χ1) is 12.1. The summed E-state index contributed by atoms with van der Waals surface area (Å²) in [5.74, 6) is 0.303. The Kier molecular flexibility index (Phi) is 5.03.